The number of H-pyrrole nitrogens is 1. The summed E-state index contributed by atoms with van der Waals surface area (Å²) in [4.78, 5) is 12.9. The number of halogens is 1. The summed E-state index contributed by atoms with van der Waals surface area (Å²) < 4.78 is 17.6. The molecule has 5 aliphatic carbocycles. The van der Waals surface area contributed by atoms with Crippen molar-refractivity contribution in [3.05, 3.63) is 10.6 Å². The maximum atomic E-state index is 15.0. The maximum Gasteiger partial charge on any atom is 0.226 e. The van der Waals surface area contributed by atoms with Crippen molar-refractivity contribution in [1.29, 1.82) is 0 Å². The third-order valence-corrected chi connectivity index (χ3v) is 7.13. The second-order valence-corrected chi connectivity index (χ2v) is 9.35. The highest BCUT2D eigenvalue weighted by Crippen LogP contribution is 2.63. The lowest BCUT2D eigenvalue weighted by atomic mass is 9.48. The number of rotatable bonds is 5. The number of hydrogen-bond donors (Lipinski definition) is 2. The topological polar surface area (TPSA) is 62.7 Å². The largest absolute Gasteiger partial charge is 0.354 e. The normalized spacial score (nSPS) is 38.9. The number of carbonyl (C=O) groups is 1. The standard InChI is InChI=1S/C18H25FN4OS/c19-18-8-11-5-12(9-18)7-17(6-11,10-18)15(24)20-3-4-23-14(13-1-2-13)21-22-16(23)25/h11-13H,1-10H2,(H,20,24)(H,22,25)/t11-,12-,17?,18?/m1/s1. The van der Waals surface area contributed by atoms with Gasteiger partial charge in [-0.1, -0.05) is 0 Å². The molecule has 4 bridgehead atoms. The first kappa shape index (κ1) is 16.0. The van der Waals surface area contributed by atoms with Gasteiger partial charge in [-0.05, 0) is 75.4 Å². The molecule has 0 aromatic carbocycles. The molecule has 1 aromatic rings. The van der Waals surface area contributed by atoms with E-state index in [1.807, 2.05) is 4.57 Å². The van der Waals surface area contributed by atoms with E-state index in [0.717, 1.165) is 37.9 Å². The van der Waals surface area contributed by atoms with Gasteiger partial charge in [0.15, 0.2) is 4.77 Å². The molecule has 5 aliphatic rings. The van der Waals surface area contributed by atoms with E-state index in [1.165, 1.54) is 0 Å². The van der Waals surface area contributed by atoms with Crippen LogP contribution in [0.3, 0.4) is 0 Å². The zero-order chi connectivity index (χ0) is 17.2. The van der Waals surface area contributed by atoms with Gasteiger partial charge in [0.05, 0.1) is 5.41 Å². The van der Waals surface area contributed by atoms with Crippen LogP contribution in [0.5, 0.6) is 0 Å². The summed E-state index contributed by atoms with van der Waals surface area (Å²) in [5.74, 6) is 2.39. The molecular formula is C18H25FN4OS. The molecule has 0 aliphatic heterocycles. The van der Waals surface area contributed by atoms with Gasteiger partial charge in [-0.15, -0.1) is 0 Å². The number of nitrogens with one attached hydrogen (secondary N) is 2. The monoisotopic (exact) mass is 364 g/mol. The zero-order valence-corrected chi connectivity index (χ0v) is 15.2. The fourth-order valence-corrected chi connectivity index (χ4v) is 6.31. The summed E-state index contributed by atoms with van der Waals surface area (Å²) >= 11 is 5.31. The minimum Gasteiger partial charge on any atom is -0.354 e. The van der Waals surface area contributed by atoms with Crippen LogP contribution >= 0.6 is 12.2 Å². The van der Waals surface area contributed by atoms with Crippen molar-refractivity contribution < 1.29 is 9.18 Å². The molecule has 6 rings (SSSR count). The average Bonchev–Trinajstić information content (AvgIpc) is 3.30. The molecule has 5 fully saturated rings. The smallest absolute Gasteiger partial charge is 0.226 e. The molecule has 25 heavy (non-hydrogen) atoms. The third kappa shape index (κ3) is 2.66. The molecule has 0 saturated heterocycles. The van der Waals surface area contributed by atoms with E-state index in [9.17, 15) is 4.79 Å². The van der Waals surface area contributed by atoms with E-state index in [1.54, 1.807) is 0 Å². The van der Waals surface area contributed by atoms with Crippen molar-refractivity contribution in [2.75, 3.05) is 6.54 Å². The zero-order valence-electron chi connectivity index (χ0n) is 14.4. The van der Waals surface area contributed by atoms with Crippen molar-refractivity contribution >= 4 is 18.1 Å². The van der Waals surface area contributed by atoms with E-state index in [4.69, 9.17) is 12.2 Å². The van der Waals surface area contributed by atoms with Gasteiger partial charge >= 0.3 is 0 Å². The lowest BCUT2D eigenvalue weighted by Crippen LogP contribution is -2.59. The summed E-state index contributed by atoms with van der Waals surface area (Å²) in [6.45, 7) is 1.17. The Morgan fingerprint density at radius 2 is 2.04 bits per heavy atom. The van der Waals surface area contributed by atoms with Crippen molar-refractivity contribution in [1.82, 2.24) is 20.1 Å². The highest BCUT2D eigenvalue weighted by Gasteiger charge is 2.61. The minimum absolute atomic E-state index is 0.0617. The number of hydrogen-bond acceptors (Lipinski definition) is 3. The Morgan fingerprint density at radius 1 is 1.32 bits per heavy atom. The number of alkyl halides is 1. The highest BCUT2D eigenvalue weighted by molar-refractivity contribution is 7.71. The van der Waals surface area contributed by atoms with E-state index in [2.05, 4.69) is 15.5 Å². The Labute approximate surface area is 151 Å². The Hall–Kier alpha value is -1.24. The Balaban J connectivity index is 1.26. The number of nitrogens with zero attached hydrogens (tertiary/aromatic N) is 2. The lowest BCUT2D eigenvalue weighted by molar-refractivity contribution is -0.160. The summed E-state index contributed by atoms with van der Waals surface area (Å²) in [7, 11) is 0. The summed E-state index contributed by atoms with van der Waals surface area (Å²) in [5, 5.41) is 10.3. The fourth-order valence-electron chi connectivity index (χ4n) is 6.08. The van der Waals surface area contributed by atoms with Gasteiger partial charge in [-0.25, -0.2) is 4.39 Å². The second-order valence-electron chi connectivity index (χ2n) is 8.96. The van der Waals surface area contributed by atoms with E-state index < -0.39 is 11.1 Å². The van der Waals surface area contributed by atoms with Crippen LogP contribution in [0.25, 0.3) is 0 Å². The molecule has 1 aromatic heterocycles. The Bertz CT molecular complexity index is 753. The van der Waals surface area contributed by atoms with Gasteiger partial charge in [0.2, 0.25) is 5.91 Å². The Kier molecular flexibility index (Phi) is 3.44. The van der Waals surface area contributed by atoms with Crippen LogP contribution in [0.15, 0.2) is 0 Å². The van der Waals surface area contributed by atoms with Crippen molar-refractivity contribution in [2.24, 2.45) is 17.3 Å². The fraction of sp³-hybridized carbons (Fsp3) is 0.833. The van der Waals surface area contributed by atoms with Crippen LogP contribution < -0.4 is 5.32 Å². The maximum absolute atomic E-state index is 15.0. The first-order valence-electron chi connectivity index (χ1n) is 9.59. The molecule has 1 heterocycles. The van der Waals surface area contributed by atoms with Gasteiger partial charge in [0, 0.05) is 19.0 Å². The number of aromatic amines is 1. The predicted octanol–water partition coefficient (Wildman–Crippen LogP) is 3.24. The second kappa shape index (κ2) is 5.38. The molecule has 5 nitrogen and oxygen atoms in total. The molecule has 136 valence electrons. The van der Waals surface area contributed by atoms with Gasteiger partial charge in [-0.2, -0.15) is 5.10 Å². The number of carbonyl (C=O) groups excluding carboxylic acids is 1. The van der Waals surface area contributed by atoms with Crippen LogP contribution in [0.2, 0.25) is 0 Å². The number of amides is 1. The van der Waals surface area contributed by atoms with E-state index in [0.29, 0.717) is 54.9 Å². The SMILES string of the molecule is O=C(NCCn1c(C2CC2)n[nH]c1=S)C12C[C@H]3C[C@@H](CC(F)(C3)C1)C2. The predicted molar refractivity (Wildman–Crippen MR) is 93.4 cm³/mol. The molecule has 1 amide bonds. The highest BCUT2D eigenvalue weighted by atomic mass is 32.1. The summed E-state index contributed by atoms with van der Waals surface area (Å²) in [5.41, 5.74) is -1.55. The minimum atomic E-state index is -1.09. The van der Waals surface area contributed by atoms with Gasteiger partial charge in [-0.3, -0.25) is 9.89 Å². The quantitative estimate of drug-likeness (QED) is 0.789. The van der Waals surface area contributed by atoms with E-state index in [-0.39, 0.29) is 5.91 Å². The molecule has 0 unspecified atom stereocenters. The van der Waals surface area contributed by atoms with Crippen LogP contribution in [0.1, 0.15) is 63.1 Å². The van der Waals surface area contributed by atoms with Crippen LogP contribution in [-0.2, 0) is 11.3 Å². The molecule has 0 spiro atoms. The summed E-state index contributed by atoms with van der Waals surface area (Å²) in [6, 6.07) is 0. The molecule has 5 saturated carbocycles. The average molecular weight is 364 g/mol. The van der Waals surface area contributed by atoms with Gasteiger partial charge in [0.25, 0.3) is 0 Å². The lowest BCUT2D eigenvalue weighted by Gasteiger charge is -2.58. The third-order valence-electron chi connectivity index (χ3n) is 6.82. The Morgan fingerprint density at radius 3 is 2.68 bits per heavy atom. The van der Waals surface area contributed by atoms with Crippen molar-refractivity contribution in [2.45, 2.75) is 69.5 Å². The van der Waals surface area contributed by atoms with E-state index >= 15 is 4.39 Å². The summed E-state index contributed by atoms with van der Waals surface area (Å²) in [6.07, 6.45) is 6.97. The van der Waals surface area contributed by atoms with Gasteiger partial charge in [0.1, 0.15) is 11.5 Å². The van der Waals surface area contributed by atoms with Crippen molar-refractivity contribution in [3.8, 4) is 0 Å². The molecule has 2 atom stereocenters. The van der Waals surface area contributed by atoms with Crippen LogP contribution in [0, 0.1) is 22.0 Å². The van der Waals surface area contributed by atoms with Crippen molar-refractivity contribution in [3.63, 3.8) is 0 Å². The first-order valence-corrected chi connectivity index (χ1v) is 10.00. The number of aromatic nitrogens is 3. The molecular weight excluding hydrogens is 339 g/mol. The van der Waals surface area contributed by atoms with Crippen LogP contribution in [-0.4, -0.2) is 32.9 Å². The molecule has 7 heteroatoms. The molecule has 0 radical (unpaired) electrons. The molecule has 2 N–H and O–H groups in total. The van der Waals surface area contributed by atoms with Crippen LogP contribution in [0.4, 0.5) is 4.39 Å². The van der Waals surface area contributed by atoms with Gasteiger partial charge < -0.3 is 9.88 Å². The first-order chi connectivity index (χ1) is 12.0.